The molecule has 2 aliphatic heterocycles. The van der Waals surface area contributed by atoms with Gasteiger partial charge in [-0.2, -0.15) is 0 Å². The minimum atomic E-state index is -1.48. The summed E-state index contributed by atoms with van der Waals surface area (Å²) >= 11 is 0. The van der Waals surface area contributed by atoms with Gasteiger partial charge in [0.15, 0.2) is 0 Å². The van der Waals surface area contributed by atoms with E-state index < -0.39 is 35.0 Å². The SMILES string of the molecule is Cc1ccc(C[C@]23C(=O)N(c4ccccc4)C(=O)[C@@H]2c2cc(C)ccc2[C@@H]2C(=O)N(c4ccccc4)C(=O)[C@H]23)cc1. The van der Waals surface area contributed by atoms with Crippen LogP contribution in [0.25, 0.3) is 0 Å². The summed E-state index contributed by atoms with van der Waals surface area (Å²) in [7, 11) is 0. The van der Waals surface area contributed by atoms with Crippen molar-refractivity contribution >= 4 is 35.0 Å². The highest BCUT2D eigenvalue weighted by Crippen LogP contribution is 2.63. The van der Waals surface area contributed by atoms with E-state index in [1.807, 2.05) is 68.4 Å². The standard InChI is InChI=1S/C35H28N2O4/c1-21-13-16-23(17-14-21)20-35-29(32(39)37(34(35)41)25-11-7-4-8-12-25)27-19-22(2)15-18-26(27)28-30(35)33(40)36(31(28)38)24-9-5-3-6-10-24/h3-19,28-30H,20H2,1-2H3/t28-,29-,30-,35-/m0/s1. The van der Waals surface area contributed by atoms with Crippen LogP contribution in [0.4, 0.5) is 11.4 Å². The van der Waals surface area contributed by atoms with Crippen LogP contribution < -0.4 is 9.80 Å². The summed E-state index contributed by atoms with van der Waals surface area (Å²) in [6.07, 6.45) is 0.155. The number of amides is 4. The molecule has 1 aliphatic carbocycles. The summed E-state index contributed by atoms with van der Waals surface area (Å²) in [4.78, 5) is 60.7. The van der Waals surface area contributed by atoms with Gasteiger partial charge < -0.3 is 0 Å². The molecule has 7 rings (SSSR count). The van der Waals surface area contributed by atoms with E-state index in [9.17, 15) is 19.2 Å². The zero-order valence-corrected chi connectivity index (χ0v) is 22.8. The Morgan fingerprint density at radius 2 is 1.20 bits per heavy atom. The Morgan fingerprint density at radius 3 is 1.83 bits per heavy atom. The fourth-order valence-corrected chi connectivity index (χ4v) is 7.22. The Morgan fingerprint density at radius 1 is 0.610 bits per heavy atom. The average Bonchev–Trinajstić information content (AvgIpc) is 3.37. The fraction of sp³-hybridized carbons (Fsp3) is 0.200. The molecule has 0 saturated carbocycles. The predicted molar refractivity (Wildman–Crippen MR) is 155 cm³/mol. The van der Waals surface area contributed by atoms with Crippen molar-refractivity contribution in [3.05, 3.63) is 131 Å². The maximum absolute atomic E-state index is 14.9. The molecule has 6 heteroatoms. The molecule has 6 nitrogen and oxygen atoms in total. The van der Waals surface area contributed by atoms with Gasteiger partial charge in [0.05, 0.1) is 34.5 Å². The lowest BCUT2D eigenvalue weighted by atomic mass is 9.54. The van der Waals surface area contributed by atoms with Crippen LogP contribution in [0.2, 0.25) is 0 Å². The van der Waals surface area contributed by atoms with Gasteiger partial charge in [-0.05, 0) is 61.2 Å². The van der Waals surface area contributed by atoms with Crippen molar-refractivity contribution in [3.8, 4) is 0 Å². The monoisotopic (exact) mass is 540 g/mol. The van der Waals surface area contributed by atoms with Gasteiger partial charge in [-0.15, -0.1) is 0 Å². The van der Waals surface area contributed by atoms with Crippen LogP contribution in [-0.2, 0) is 25.6 Å². The smallest absolute Gasteiger partial charge is 0.242 e. The van der Waals surface area contributed by atoms with Crippen LogP contribution in [0, 0.1) is 25.2 Å². The average molecular weight is 541 g/mol. The molecule has 0 spiro atoms. The van der Waals surface area contributed by atoms with E-state index in [4.69, 9.17) is 0 Å². The van der Waals surface area contributed by atoms with Crippen LogP contribution in [0.1, 0.15) is 39.7 Å². The van der Waals surface area contributed by atoms with Gasteiger partial charge in [-0.25, -0.2) is 9.80 Å². The van der Waals surface area contributed by atoms with Crippen molar-refractivity contribution in [2.75, 3.05) is 9.80 Å². The molecule has 0 unspecified atom stereocenters. The zero-order chi connectivity index (χ0) is 28.5. The van der Waals surface area contributed by atoms with E-state index in [2.05, 4.69) is 0 Å². The van der Waals surface area contributed by atoms with Gasteiger partial charge in [0.1, 0.15) is 0 Å². The molecular formula is C35H28N2O4. The van der Waals surface area contributed by atoms with Gasteiger partial charge in [0.2, 0.25) is 23.6 Å². The highest BCUT2D eigenvalue weighted by Gasteiger charge is 2.73. The maximum atomic E-state index is 14.9. The molecular weight excluding hydrogens is 512 g/mol. The van der Waals surface area contributed by atoms with Crippen LogP contribution in [0.15, 0.2) is 103 Å². The Balaban J connectivity index is 1.52. The summed E-state index contributed by atoms with van der Waals surface area (Å²) in [5, 5.41) is 0. The second kappa shape index (κ2) is 9.10. The van der Waals surface area contributed by atoms with E-state index >= 15 is 0 Å². The third-order valence-electron chi connectivity index (χ3n) is 8.98. The van der Waals surface area contributed by atoms with E-state index in [1.54, 1.807) is 48.5 Å². The number of carbonyl (C=O) groups is 4. The van der Waals surface area contributed by atoms with Crippen LogP contribution in [0.3, 0.4) is 0 Å². The number of anilines is 2. The van der Waals surface area contributed by atoms with Crippen molar-refractivity contribution in [2.24, 2.45) is 11.3 Å². The largest absolute Gasteiger partial charge is 0.274 e. The van der Waals surface area contributed by atoms with Crippen molar-refractivity contribution in [1.82, 2.24) is 0 Å². The second-order valence-electron chi connectivity index (χ2n) is 11.4. The summed E-state index contributed by atoms with van der Waals surface area (Å²) in [5.74, 6) is -4.44. The van der Waals surface area contributed by atoms with Crippen molar-refractivity contribution in [1.29, 1.82) is 0 Å². The van der Waals surface area contributed by atoms with Crippen molar-refractivity contribution in [3.63, 3.8) is 0 Å². The number of rotatable bonds is 4. The molecule has 0 bridgehead atoms. The number of fused-ring (bicyclic) bond motifs is 6. The quantitative estimate of drug-likeness (QED) is 0.322. The fourth-order valence-electron chi connectivity index (χ4n) is 7.22. The van der Waals surface area contributed by atoms with E-state index in [1.165, 1.54) is 9.80 Å². The molecule has 0 aromatic heterocycles. The third kappa shape index (κ3) is 3.50. The van der Waals surface area contributed by atoms with Gasteiger partial charge in [0, 0.05) is 0 Å². The molecule has 41 heavy (non-hydrogen) atoms. The summed E-state index contributed by atoms with van der Waals surface area (Å²) in [5.41, 5.74) is 3.57. The van der Waals surface area contributed by atoms with Gasteiger partial charge in [-0.1, -0.05) is 90.0 Å². The first-order valence-electron chi connectivity index (χ1n) is 13.9. The van der Waals surface area contributed by atoms with Gasteiger partial charge in [-0.3, -0.25) is 19.2 Å². The molecule has 0 N–H and O–H groups in total. The van der Waals surface area contributed by atoms with Gasteiger partial charge in [0.25, 0.3) is 0 Å². The van der Waals surface area contributed by atoms with E-state index in [0.29, 0.717) is 22.5 Å². The first-order chi connectivity index (χ1) is 19.8. The topological polar surface area (TPSA) is 74.8 Å². The van der Waals surface area contributed by atoms with Crippen molar-refractivity contribution in [2.45, 2.75) is 32.1 Å². The Bertz CT molecular complexity index is 1730. The first-order valence-corrected chi connectivity index (χ1v) is 13.9. The summed E-state index contributed by atoms with van der Waals surface area (Å²) < 4.78 is 0. The Hall–Kier alpha value is -4.84. The number of nitrogens with zero attached hydrogens (tertiary/aromatic N) is 2. The number of para-hydroxylation sites is 2. The lowest BCUT2D eigenvalue weighted by Crippen LogP contribution is -2.51. The molecule has 4 aromatic carbocycles. The number of benzene rings is 4. The number of aryl methyl sites for hydroxylation is 2. The number of imide groups is 2. The highest BCUT2D eigenvalue weighted by molar-refractivity contribution is 6.31. The summed E-state index contributed by atoms with van der Waals surface area (Å²) in [6, 6.07) is 31.2. The Kier molecular flexibility index (Phi) is 5.58. The second-order valence-corrected chi connectivity index (χ2v) is 11.4. The minimum Gasteiger partial charge on any atom is -0.274 e. The van der Waals surface area contributed by atoms with Gasteiger partial charge >= 0.3 is 0 Å². The molecule has 2 heterocycles. The molecule has 3 aliphatic rings. The first kappa shape index (κ1) is 25.1. The lowest BCUT2D eigenvalue weighted by molar-refractivity contribution is -0.138. The van der Waals surface area contributed by atoms with E-state index in [0.717, 1.165) is 16.7 Å². The summed E-state index contributed by atoms with van der Waals surface area (Å²) in [6.45, 7) is 3.92. The minimum absolute atomic E-state index is 0.155. The molecule has 2 fully saturated rings. The molecule has 4 atom stereocenters. The maximum Gasteiger partial charge on any atom is 0.242 e. The normalized spacial score (nSPS) is 24.9. The number of hydrogen-bond donors (Lipinski definition) is 0. The number of carbonyl (C=O) groups excluding carboxylic acids is 4. The molecule has 4 amide bonds. The number of hydrogen-bond acceptors (Lipinski definition) is 4. The van der Waals surface area contributed by atoms with Crippen LogP contribution in [0.5, 0.6) is 0 Å². The van der Waals surface area contributed by atoms with Crippen LogP contribution in [-0.4, -0.2) is 23.6 Å². The molecule has 202 valence electrons. The molecule has 0 radical (unpaired) electrons. The molecule has 2 saturated heterocycles. The molecule has 4 aromatic rings. The lowest BCUT2D eigenvalue weighted by Gasteiger charge is -2.43. The van der Waals surface area contributed by atoms with E-state index in [-0.39, 0.29) is 18.2 Å². The predicted octanol–water partition coefficient (Wildman–Crippen LogP) is 5.48. The highest BCUT2D eigenvalue weighted by atomic mass is 16.2. The Labute approximate surface area is 238 Å². The van der Waals surface area contributed by atoms with Crippen LogP contribution >= 0.6 is 0 Å². The zero-order valence-electron chi connectivity index (χ0n) is 22.8. The van der Waals surface area contributed by atoms with Crippen molar-refractivity contribution < 1.29 is 19.2 Å². The third-order valence-corrected chi connectivity index (χ3v) is 8.98.